The van der Waals surface area contributed by atoms with Gasteiger partial charge in [0.2, 0.25) is 5.91 Å². The number of nitriles is 1. The van der Waals surface area contributed by atoms with Gasteiger partial charge in [-0.15, -0.1) is 0 Å². The van der Waals surface area contributed by atoms with Gasteiger partial charge in [-0.1, -0.05) is 0 Å². The summed E-state index contributed by atoms with van der Waals surface area (Å²) in [5.41, 5.74) is 1.69. The maximum Gasteiger partial charge on any atom is 0.255 e. The summed E-state index contributed by atoms with van der Waals surface area (Å²) in [7, 11) is 0. The van der Waals surface area contributed by atoms with Gasteiger partial charge in [-0.2, -0.15) is 10.4 Å². The summed E-state index contributed by atoms with van der Waals surface area (Å²) >= 11 is 0. The number of nitrogens with zero attached hydrogens (tertiary/aromatic N) is 4. The summed E-state index contributed by atoms with van der Waals surface area (Å²) in [6, 6.07) is 9.38. The Kier molecular flexibility index (Phi) is 8.45. The van der Waals surface area contributed by atoms with E-state index in [0.29, 0.717) is 35.1 Å². The topological polar surface area (TPSA) is 144 Å². The number of pyridine rings is 1. The monoisotopic (exact) mass is 535 g/mol. The zero-order valence-electron chi connectivity index (χ0n) is 22.4. The van der Waals surface area contributed by atoms with Crippen LogP contribution in [-0.2, 0) is 4.79 Å². The summed E-state index contributed by atoms with van der Waals surface area (Å²) in [6.45, 7) is 4.53. The number of nitrogens with one attached hydrogen (secondary N) is 3. The number of aliphatic hydroxyl groups is 1. The maximum atomic E-state index is 14.3. The molecule has 1 unspecified atom stereocenters. The minimum atomic E-state index is -1.64. The van der Waals surface area contributed by atoms with Crippen LogP contribution in [0.5, 0.6) is 0 Å². The molecular formula is C28H34FN7O3. The van der Waals surface area contributed by atoms with E-state index >= 15 is 0 Å². The van der Waals surface area contributed by atoms with E-state index in [4.69, 9.17) is 0 Å². The Morgan fingerprint density at radius 3 is 2.62 bits per heavy atom. The first-order valence-electron chi connectivity index (χ1n) is 13.1. The highest BCUT2D eigenvalue weighted by Crippen LogP contribution is 2.30. The highest BCUT2D eigenvalue weighted by Gasteiger charge is 2.28. The standard InChI is InChI=1S/C28H34FN7O3/c1-17(37)31-13-18-4-6-20(7-5-18)35-23-11-24(25-9-8-21-10-19(12-30)14-34-36(21)25)32-15-22(23)27(38)33-16-26(29)28(2,3)39/h8-11,14-15,18,20,26,39H,4-7,13,16H2,1-3H3,(H,31,37)(H,32,35)(H,33,38). The number of hydrogen-bond acceptors (Lipinski definition) is 7. The number of hydrogen-bond donors (Lipinski definition) is 4. The van der Waals surface area contributed by atoms with Crippen LogP contribution in [0.3, 0.4) is 0 Å². The number of carbonyl (C=O) groups excluding carboxylic acids is 2. The van der Waals surface area contributed by atoms with E-state index < -0.39 is 17.7 Å². The van der Waals surface area contributed by atoms with Crippen LogP contribution in [0.15, 0.2) is 36.7 Å². The minimum absolute atomic E-state index is 0.0356. The SMILES string of the molecule is CC(=O)NCC1CCC(Nc2cc(-c3ccc4cc(C#N)cnn34)ncc2C(=O)NCC(F)C(C)(C)O)CC1. The molecule has 4 N–H and O–H groups in total. The number of fused-ring (bicyclic) bond motifs is 1. The lowest BCUT2D eigenvalue weighted by atomic mass is 9.85. The van der Waals surface area contributed by atoms with E-state index in [0.717, 1.165) is 31.2 Å². The third-order valence-corrected chi connectivity index (χ3v) is 7.09. The molecule has 3 aromatic rings. The van der Waals surface area contributed by atoms with Gasteiger partial charge < -0.3 is 21.1 Å². The molecule has 11 heteroatoms. The fourth-order valence-electron chi connectivity index (χ4n) is 4.70. The van der Waals surface area contributed by atoms with Crippen molar-refractivity contribution >= 4 is 23.0 Å². The molecule has 1 aliphatic rings. The number of carbonyl (C=O) groups is 2. The average molecular weight is 536 g/mol. The van der Waals surface area contributed by atoms with Crippen LogP contribution in [0.1, 0.15) is 62.4 Å². The quantitative estimate of drug-likeness (QED) is 0.329. The summed E-state index contributed by atoms with van der Waals surface area (Å²) in [5, 5.41) is 32.4. The number of anilines is 1. The summed E-state index contributed by atoms with van der Waals surface area (Å²) in [5.74, 6) is -0.131. The summed E-state index contributed by atoms with van der Waals surface area (Å²) in [4.78, 5) is 28.9. The van der Waals surface area contributed by atoms with Gasteiger partial charge in [0.25, 0.3) is 5.91 Å². The molecule has 0 aromatic carbocycles. The van der Waals surface area contributed by atoms with Crippen molar-refractivity contribution in [2.45, 2.75) is 64.3 Å². The van der Waals surface area contributed by atoms with Gasteiger partial charge >= 0.3 is 0 Å². The first-order valence-corrected chi connectivity index (χ1v) is 13.1. The van der Waals surface area contributed by atoms with E-state index in [9.17, 15) is 24.3 Å². The molecule has 1 saturated carbocycles. The molecule has 3 aromatic heterocycles. The number of alkyl halides is 1. The molecule has 206 valence electrons. The van der Waals surface area contributed by atoms with Crippen molar-refractivity contribution in [1.82, 2.24) is 25.2 Å². The normalized spacial score (nSPS) is 18.3. The highest BCUT2D eigenvalue weighted by molar-refractivity contribution is 6.00. The maximum absolute atomic E-state index is 14.3. The lowest BCUT2D eigenvalue weighted by Gasteiger charge is -2.30. The minimum Gasteiger partial charge on any atom is -0.387 e. The van der Waals surface area contributed by atoms with Gasteiger partial charge in [-0.3, -0.25) is 14.6 Å². The fraction of sp³-hybridized carbons (Fsp3) is 0.464. The molecule has 0 bridgehead atoms. The van der Waals surface area contributed by atoms with Gasteiger partial charge in [0.05, 0.1) is 52.1 Å². The molecule has 39 heavy (non-hydrogen) atoms. The van der Waals surface area contributed by atoms with Gasteiger partial charge in [0, 0.05) is 25.7 Å². The second kappa shape index (κ2) is 11.8. The van der Waals surface area contributed by atoms with Crippen LogP contribution in [0.2, 0.25) is 0 Å². The van der Waals surface area contributed by atoms with Gasteiger partial charge in [0.1, 0.15) is 12.2 Å². The van der Waals surface area contributed by atoms with E-state index in [-0.39, 0.29) is 24.1 Å². The largest absolute Gasteiger partial charge is 0.387 e. The number of halogens is 1. The molecule has 4 rings (SSSR count). The molecule has 3 heterocycles. The van der Waals surface area contributed by atoms with E-state index in [2.05, 4.69) is 32.1 Å². The number of amides is 2. The molecule has 1 fully saturated rings. The van der Waals surface area contributed by atoms with Crippen LogP contribution in [0.25, 0.3) is 16.9 Å². The second-order valence-corrected chi connectivity index (χ2v) is 10.7. The third-order valence-electron chi connectivity index (χ3n) is 7.09. The Labute approximate surface area is 226 Å². The van der Waals surface area contributed by atoms with Crippen LogP contribution in [0.4, 0.5) is 10.1 Å². The second-order valence-electron chi connectivity index (χ2n) is 10.7. The lowest BCUT2D eigenvalue weighted by Crippen LogP contribution is -2.42. The predicted molar refractivity (Wildman–Crippen MR) is 145 cm³/mol. The molecule has 0 aliphatic heterocycles. The Morgan fingerprint density at radius 1 is 1.21 bits per heavy atom. The molecule has 0 radical (unpaired) electrons. The van der Waals surface area contributed by atoms with Crippen molar-refractivity contribution in [3.8, 4) is 17.5 Å². The molecular weight excluding hydrogens is 501 g/mol. The molecule has 1 aliphatic carbocycles. The lowest BCUT2D eigenvalue weighted by molar-refractivity contribution is -0.119. The first kappa shape index (κ1) is 28.0. The van der Waals surface area contributed by atoms with Crippen molar-refractivity contribution in [1.29, 1.82) is 5.26 Å². The zero-order valence-corrected chi connectivity index (χ0v) is 22.4. The van der Waals surface area contributed by atoms with E-state index in [1.54, 1.807) is 16.6 Å². The fourth-order valence-corrected chi connectivity index (χ4v) is 4.70. The molecule has 10 nitrogen and oxygen atoms in total. The van der Waals surface area contributed by atoms with Crippen molar-refractivity contribution in [2.75, 3.05) is 18.4 Å². The van der Waals surface area contributed by atoms with Crippen molar-refractivity contribution in [3.63, 3.8) is 0 Å². The van der Waals surface area contributed by atoms with Crippen LogP contribution in [0, 0.1) is 17.2 Å². The van der Waals surface area contributed by atoms with E-state index in [1.165, 1.54) is 33.2 Å². The van der Waals surface area contributed by atoms with Crippen molar-refractivity contribution in [2.24, 2.45) is 5.92 Å². The van der Waals surface area contributed by atoms with Crippen molar-refractivity contribution in [3.05, 3.63) is 47.8 Å². The Hall–Kier alpha value is -4.04. The van der Waals surface area contributed by atoms with Gasteiger partial charge in [-0.05, 0) is 69.7 Å². The van der Waals surface area contributed by atoms with Crippen LogP contribution < -0.4 is 16.0 Å². The highest BCUT2D eigenvalue weighted by atomic mass is 19.1. The molecule has 0 saturated heterocycles. The zero-order chi connectivity index (χ0) is 28.2. The molecule has 0 spiro atoms. The van der Waals surface area contributed by atoms with Gasteiger partial charge in [0.15, 0.2) is 0 Å². The number of aromatic nitrogens is 3. The Balaban J connectivity index is 1.58. The molecule has 1 atom stereocenters. The summed E-state index contributed by atoms with van der Waals surface area (Å²) in [6.07, 6.45) is 4.88. The first-order chi connectivity index (χ1) is 18.5. The Bertz CT molecular complexity index is 1380. The third kappa shape index (κ3) is 6.89. The average Bonchev–Trinajstić information content (AvgIpc) is 3.33. The molecule has 2 amide bonds. The predicted octanol–water partition coefficient (Wildman–Crippen LogP) is 3.21. The van der Waals surface area contributed by atoms with E-state index in [1.807, 2.05) is 12.1 Å². The van der Waals surface area contributed by atoms with Gasteiger partial charge in [-0.25, -0.2) is 8.91 Å². The Morgan fingerprint density at radius 2 is 1.95 bits per heavy atom. The van der Waals surface area contributed by atoms with Crippen molar-refractivity contribution < 1.29 is 19.1 Å². The summed E-state index contributed by atoms with van der Waals surface area (Å²) < 4.78 is 16.0. The number of rotatable bonds is 9. The smallest absolute Gasteiger partial charge is 0.255 e. The van der Waals surface area contributed by atoms with Crippen LogP contribution >= 0.6 is 0 Å². The van der Waals surface area contributed by atoms with Crippen LogP contribution in [-0.4, -0.2) is 62.4 Å².